The van der Waals surface area contributed by atoms with E-state index in [2.05, 4.69) is 78.3 Å². The number of aromatic amines is 2. The average molecular weight is 712 g/mol. The van der Waals surface area contributed by atoms with Gasteiger partial charge in [0, 0.05) is 36.7 Å². The zero-order chi connectivity index (χ0) is 38.5. The maximum atomic E-state index is 10.5. The normalized spacial score (nSPS) is 14.5. The summed E-state index contributed by atoms with van der Waals surface area (Å²) in [6, 6.07) is 18.7. The molecular weight excluding hydrogens is 658 g/mol. The summed E-state index contributed by atoms with van der Waals surface area (Å²) in [5.74, 6) is 2.66. The minimum Gasteiger partial charge on any atom is -0.400 e. The Morgan fingerprint density at radius 2 is 1.38 bits per heavy atom. The number of carbonyl (C=O) groups excluding carboxylic acids is 3. The molecule has 0 radical (unpaired) electrons. The van der Waals surface area contributed by atoms with E-state index in [1.165, 1.54) is 13.3 Å². The van der Waals surface area contributed by atoms with Gasteiger partial charge in [0.05, 0.1) is 41.9 Å². The number of likely N-dealkylation sites (N-methyl/N-ethyl adjacent to an activating group) is 1. The second-order valence-electron chi connectivity index (χ2n) is 11.8. The number of H-pyrrole nitrogens is 2. The zero-order valence-electron chi connectivity index (χ0n) is 31.2. The number of aliphatic hydroxyl groups excluding tert-OH is 1. The van der Waals surface area contributed by atoms with Gasteiger partial charge in [0.25, 0.3) is 0 Å². The molecule has 1 aliphatic heterocycles. The molecule has 5 N–H and O–H groups in total. The number of carbonyl (C=O) groups is 3. The van der Waals surface area contributed by atoms with Crippen LogP contribution in [-0.4, -0.2) is 93.1 Å². The Morgan fingerprint density at radius 1 is 0.808 bits per heavy atom. The Bertz CT molecular complexity index is 1710. The highest BCUT2D eigenvalue weighted by Crippen LogP contribution is 2.33. The van der Waals surface area contributed by atoms with Gasteiger partial charge < -0.3 is 40.1 Å². The second kappa shape index (κ2) is 23.3. The number of nitrogens with one attached hydrogen (secondary N) is 4. The smallest absolute Gasteiger partial charge is 0.159 e. The molecule has 5 aromatic rings. The quantitative estimate of drug-likeness (QED) is 0.115. The molecule has 13 nitrogen and oxygen atoms in total. The Balaban J connectivity index is 0.000000435. The first kappa shape index (κ1) is 43.0. The number of hydrogen-bond acceptors (Lipinski definition) is 11. The molecule has 0 amide bonds. The predicted molar refractivity (Wildman–Crippen MR) is 205 cm³/mol. The molecule has 6 rings (SSSR count). The maximum absolute atomic E-state index is 10.5. The van der Waals surface area contributed by atoms with Crippen LogP contribution in [0.1, 0.15) is 75.9 Å². The standard InChI is InChI=1S/C26H32N8.C9H11NO.C2H4O.CH4O.CH2O/c1-16(2)34-11-5-6-23(34)26-31-15-22(33-26)20-12-28-25(29-13-20)19-9-7-18(8-10-19)21-14-30-24(32-21)17(3)27-4;1-10-9(7-11)8-5-3-2-4-6-8;1-2-3;2*1-2/h7-10,12-17,23,27H,5-6,11H2,1-4H3,(H,30,32)(H,31,33);2-7,9-10H,1H3;2H,1H3;2H,1H3;1H2/t17-,23-;9-;;;/m00.../s1. The van der Waals surface area contributed by atoms with Gasteiger partial charge in [0.1, 0.15) is 31.0 Å². The fourth-order valence-electron chi connectivity index (χ4n) is 5.58. The first-order valence-corrected chi connectivity index (χ1v) is 17.1. The molecule has 52 heavy (non-hydrogen) atoms. The first-order chi connectivity index (χ1) is 25.3. The van der Waals surface area contributed by atoms with Gasteiger partial charge >= 0.3 is 0 Å². The lowest BCUT2D eigenvalue weighted by Gasteiger charge is -2.26. The SMILES string of the molecule is C=O.CC=O.CN[C@@H](C)c1ncc(-c2ccc(-c3ncc(-c4cnc([C@@H]5CCCN5C(C)C)[nH]4)cn3)cc2)[nH]1.CN[C@@H](C=O)c1ccccc1.CO. The lowest BCUT2D eigenvalue weighted by atomic mass is 10.1. The molecule has 3 atom stereocenters. The van der Waals surface area contributed by atoms with Crippen molar-refractivity contribution < 1.29 is 19.5 Å². The average Bonchev–Trinajstić information content (AvgIpc) is 4.00. The number of aliphatic hydroxyl groups is 1. The van der Waals surface area contributed by atoms with Gasteiger partial charge in [-0.05, 0) is 72.3 Å². The Kier molecular flexibility index (Phi) is 19.2. The molecule has 2 aromatic carbocycles. The molecule has 0 aliphatic carbocycles. The number of likely N-dealkylation sites (tertiary alicyclic amines) is 1. The molecule has 1 aliphatic rings. The summed E-state index contributed by atoms with van der Waals surface area (Å²) in [4.78, 5) is 55.1. The molecule has 0 bridgehead atoms. The summed E-state index contributed by atoms with van der Waals surface area (Å²) in [6.45, 7) is 11.1. The van der Waals surface area contributed by atoms with Crippen LogP contribution in [0.5, 0.6) is 0 Å². The van der Waals surface area contributed by atoms with Crippen molar-refractivity contribution in [2.45, 2.75) is 64.7 Å². The highest BCUT2D eigenvalue weighted by molar-refractivity contribution is 5.66. The van der Waals surface area contributed by atoms with Crippen LogP contribution < -0.4 is 10.6 Å². The molecule has 0 spiro atoms. The van der Waals surface area contributed by atoms with Crippen LogP contribution in [-0.2, 0) is 14.4 Å². The summed E-state index contributed by atoms with van der Waals surface area (Å²) >= 11 is 0. The van der Waals surface area contributed by atoms with E-state index in [0.29, 0.717) is 17.9 Å². The number of imidazole rings is 2. The summed E-state index contributed by atoms with van der Waals surface area (Å²) in [6.07, 6.45) is 11.5. The highest BCUT2D eigenvalue weighted by Gasteiger charge is 2.30. The van der Waals surface area contributed by atoms with Gasteiger partial charge in [-0.2, -0.15) is 0 Å². The molecule has 13 heteroatoms. The van der Waals surface area contributed by atoms with Crippen LogP contribution in [0, 0.1) is 0 Å². The van der Waals surface area contributed by atoms with E-state index in [1.807, 2.05) is 81.1 Å². The van der Waals surface area contributed by atoms with Crippen molar-refractivity contribution in [3.63, 3.8) is 0 Å². The van der Waals surface area contributed by atoms with Crippen molar-refractivity contribution in [1.82, 2.24) is 45.4 Å². The van der Waals surface area contributed by atoms with E-state index in [4.69, 9.17) is 14.7 Å². The van der Waals surface area contributed by atoms with E-state index in [9.17, 15) is 4.79 Å². The highest BCUT2D eigenvalue weighted by atomic mass is 16.2. The molecule has 0 unspecified atom stereocenters. The van der Waals surface area contributed by atoms with E-state index < -0.39 is 0 Å². The van der Waals surface area contributed by atoms with Crippen LogP contribution in [0.25, 0.3) is 33.9 Å². The van der Waals surface area contributed by atoms with Gasteiger partial charge in [0.15, 0.2) is 5.82 Å². The molecule has 0 saturated carbocycles. The number of aldehydes is 2. The summed E-state index contributed by atoms with van der Waals surface area (Å²) in [7, 11) is 4.69. The summed E-state index contributed by atoms with van der Waals surface area (Å²) in [5.41, 5.74) is 5.95. The van der Waals surface area contributed by atoms with E-state index in [0.717, 1.165) is 77.9 Å². The summed E-state index contributed by atoms with van der Waals surface area (Å²) in [5, 5.41) is 13.1. The summed E-state index contributed by atoms with van der Waals surface area (Å²) < 4.78 is 0. The lowest BCUT2D eigenvalue weighted by Crippen LogP contribution is -2.30. The van der Waals surface area contributed by atoms with Gasteiger partial charge in [-0.1, -0.05) is 54.6 Å². The van der Waals surface area contributed by atoms with Gasteiger partial charge in [-0.15, -0.1) is 0 Å². The Labute approximate surface area is 306 Å². The Hall–Kier alpha value is -5.21. The number of aromatic nitrogens is 6. The lowest BCUT2D eigenvalue weighted by molar-refractivity contribution is -0.109. The van der Waals surface area contributed by atoms with Crippen molar-refractivity contribution in [3.05, 3.63) is 96.6 Å². The fourth-order valence-corrected chi connectivity index (χ4v) is 5.58. The van der Waals surface area contributed by atoms with Gasteiger partial charge in [-0.25, -0.2) is 19.9 Å². The van der Waals surface area contributed by atoms with Crippen LogP contribution in [0.15, 0.2) is 79.4 Å². The van der Waals surface area contributed by atoms with E-state index in [-0.39, 0.29) is 12.1 Å². The number of benzene rings is 2. The zero-order valence-corrected chi connectivity index (χ0v) is 31.2. The van der Waals surface area contributed by atoms with Crippen molar-refractivity contribution in [2.24, 2.45) is 0 Å². The van der Waals surface area contributed by atoms with Crippen molar-refractivity contribution in [3.8, 4) is 33.9 Å². The topological polar surface area (TPSA) is 182 Å². The van der Waals surface area contributed by atoms with Crippen LogP contribution in [0.2, 0.25) is 0 Å². The fraction of sp³-hybridized carbons (Fsp3) is 0.359. The Morgan fingerprint density at radius 3 is 1.94 bits per heavy atom. The van der Waals surface area contributed by atoms with E-state index in [1.54, 1.807) is 7.05 Å². The molecule has 1 saturated heterocycles. The third kappa shape index (κ3) is 11.9. The number of nitrogens with zero attached hydrogens (tertiary/aromatic N) is 5. The third-order valence-electron chi connectivity index (χ3n) is 8.33. The van der Waals surface area contributed by atoms with Crippen molar-refractivity contribution in [2.75, 3.05) is 27.7 Å². The third-order valence-corrected chi connectivity index (χ3v) is 8.33. The van der Waals surface area contributed by atoms with Crippen LogP contribution >= 0.6 is 0 Å². The van der Waals surface area contributed by atoms with Crippen molar-refractivity contribution >= 4 is 19.4 Å². The maximum Gasteiger partial charge on any atom is 0.159 e. The van der Waals surface area contributed by atoms with Gasteiger partial charge in [0.2, 0.25) is 0 Å². The first-order valence-electron chi connectivity index (χ1n) is 17.1. The number of rotatable bonds is 10. The molecule has 1 fully saturated rings. The largest absolute Gasteiger partial charge is 0.400 e. The molecular formula is C39H53N9O4. The monoisotopic (exact) mass is 711 g/mol. The predicted octanol–water partition coefficient (Wildman–Crippen LogP) is 5.52. The number of hydrogen-bond donors (Lipinski definition) is 5. The van der Waals surface area contributed by atoms with Crippen molar-refractivity contribution in [1.29, 1.82) is 0 Å². The van der Waals surface area contributed by atoms with Gasteiger partial charge in [-0.3, -0.25) is 4.90 Å². The second-order valence-corrected chi connectivity index (χ2v) is 11.8. The molecule has 278 valence electrons. The molecule has 3 aromatic heterocycles. The minimum absolute atomic E-state index is 0.170. The van der Waals surface area contributed by atoms with E-state index >= 15 is 0 Å². The van der Waals surface area contributed by atoms with Crippen LogP contribution in [0.4, 0.5) is 0 Å². The molecule has 4 heterocycles. The minimum atomic E-state index is -0.170. The van der Waals surface area contributed by atoms with Crippen LogP contribution in [0.3, 0.4) is 0 Å².